The molecule has 15 heavy (non-hydrogen) atoms. The van der Waals surface area contributed by atoms with Gasteiger partial charge >= 0.3 is 0 Å². The summed E-state index contributed by atoms with van der Waals surface area (Å²) in [5.74, 6) is -0.420. The van der Waals surface area contributed by atoms with Crippen molar-refractivity contribution in [2.45, 2.75) is 19.4 Å². The molecule has 0 atom stereocenters. The number of rotatable bonds is 6. The molecule has 0 radical (unpaired) electrons. The molecule has 0 aliphatic carbocycles. The zero-order chi connectivity index (χ0) is 11.1. The van der Waals surface area contributed by atoms with Gasteiger partial charge < -0.3 is 5.32 Å². The minimum Gasteiger partial charge on any atom is -0.313 e. The molecule has 4 heteroatoms. The van der Waals surface area contributed by atoms with Crippen molar-refractivity contribution in [1.82, 2.24) is 5.32 Å². The van der Waals surface area contributed by atoms with E-state index in [2.05, 4.69) is 5.32 Å². The summed E-state index contributed by atoms with van der Waals surface area (Å²) in [5, 5.41) is 3.10. The van der Waals surface area contributed by atoms with Crippen LogP contribution in [0.4, 0.5) is 8.78 Å². The van der Waals surface area contributed by atoms with Crippen LogP contribution in [0.25, 0.3) is 0 Å². The topological polar surface area (TPSA) is 12.0 Å². The number of nitrogens with one attached hydrogen (secondary N) is 1. The summed E-state index contributed by atoms with van der Waals surface area (Å²) in [6.45, 7) is 1.29. The van der Waals surface area contributed by atoms with Gasteiger partial charge in [-0.15, -0.1) is 11.6 Å². The summed E-state index contributed by atoms with van der Waals surface area (Å²) in [6.07, 6.45) is 1.92. The van der Waals surface area contributed by atoms with E-state index in [-0.39, 0.29) is 0 Å². The van der Waals surface area contributed by atoms with E-state index in [1.165, 1.54) is 12.1 Å². The van der Waals surface area contributed by atoms with Crippen LogP contribution >= 0.6 is 11.6 Å². The largest absolute Gasteiger partial charge is 0.313 e. The minimum absolute atomic E-state index is 0.483. The molecule has 0 bridgehead atoms. The van der Waals surface area contributed by atoms with Crippen LogP contribution in [0, 0.1) is 11.6 Å². The van der Waals surface area contributed by atoms with Crippen molar-refractivity contribution in [1.29, 1.82) is 0 Å². The van der Waals surface area contributed by atoms with Crippen LogP contribution in [0.2, 0.25) is 0 Å². The first-order valence-electron chi connectivity index (χ1n) is 4.94. The van der Waals surface area contributed by atoms with Crippen molar-refractivity contribution in [3.8, 4) is 0 Å². The number of unbranched alkanes of at least 4 members (excludes halogenated alkanes) is 1. The lowest BCUT2D eigenvalue weighted by Crippen LogP contribution is -2.15. The predicted octanol–water partition coefficient (Wildman–Crippen LogP) is 3.07. The molecule has 1 rings (SSSR count). The van der Waals surface area contributed by atoms with Crippen molar-refractivity contribution >= 4 is 11.6 Å². The van der Waals surface area contributed by atoms with Gasteiger partial charge in [0.25, 0.3) is 0 Å². The molecule has 0 aliphatic heterocycles. The zero-order valence-electron chi connectivity index (χ0n) is 8.40. The fourth-order valence-electron chi connectivity index (χ4n) is 1.29. The Bertz CT molecular complexity index is 284. The smallest absolute Gasteiger partial charge is 0.126 e. The average molecular weight is 234 g/mol. The minimum atomic E-state index is -0.535. The van der Waals surface area contributed by atoms with E-state index in [1.807, 2.05) is 0 Å². The molecule has 1 aromatic rings. The molecule has 0 aromatic heterocycles. The highest BCUT2D eigenvalue weighted by atomic mass is 35.5. The molecule has 1 N–H and O–H groups in total. The number of benzene rings is 1. The molecule has 84 valence electrons. The molecular formula is C11H14ClF2N. The van der Waals surface area contributed by atoms with Crippen LogP contribution in [0.3, 0.4) is 0 Å². The lowest BCUT2D eigenvalue weighted by molar-refractivity contribution is 0.573. The van der Waals surface area contributed by atoms with Gasteiger partial charge in [0.15, 0.2) is 0 Å². The quantitative estimate of drug-likeness (QED) is 0.588. The molecule has 0 unspecified atom stereocenters. The maximum Gasteiger partial charge on any atom is 0.126 e. The van der Waals surface area contributed by atoms with Crippen molar-refractivity contribution < 1.29 is 8.78 Å². The molecule has 0 aliphatic rings. The summed E-state index contributed by atoms with van der Waals surface area (Å²) < 4.78 is 25.5. The van der Waals surface area contributed by atoms with E-state index in [4.69, 9.17) is 11.6 Å². The first kappa shape index (κ1) is 12.4. The molecule has 0 fully saturated rings. The third-order valence-corrected chi connectivity index (χ3v) is 2.26. The van der Waals surface area contributed by atoms with Crippen molar-refractivity contribution in [3.05, 3.63) is 35.4 Å². The van der Waals surface area contributed by atoms with Crippen molar-refractivity contribution in [2.75, 3.05) is 12.4 Å². The Hall–Kier alpha value is -0.670. The third-order valence-electron chi connectivity index (χ3n) is 1.99. The van der Waals surface area contributed by atoms with Gasteiger partial charge in [0.2, 0.25) is 0 Å². The maximum absolute atomic E-state index is 12.8. The molecule has 1 nitrogen and oxygen atoms in total. The second kappa shape index (κ2) is 6.75. The van der Waals surface area contributed by atoms with E-state index in [0.717, 1.165) is 25.5 Å². The monoisotopic (exact) mass is 233 g/mol. The fraction of sp³-hybridized carbons (Fsp3) is 0.455. The normalized spacial score (nSPS) is 10.6. The van der Waals surface area contributed by atoms with Gasteiger partial charge in [-0.2, -0.15) is 0 Å². The number of hydrogen-bond donors (Lipinski definition) is 1. The van der Waals surface area contributed by atoms with Gasteiger partial charge in [0.05, 0.1) is 0 Å². The summed E-state index contributed by atoms with van der Waals surface area (Å²) in [7, 11) is 0. The first-order valence-corrected chi connectivity index (χ1v) is 5.47. The van der Waals surface area contributed by atoms with Crippen LogP contribution in [0.1, 0.15) is 18.4 Å². The summed E-state index contributed by atoms with van der Waals surface area (Å²) >= 11 is 5.51. The third kappa shape index (κ3) is 5.09. The van der Waals surface area contributed by atoms with E-state index in [1.54, 1.807) is 0 Å². The van der Waals surface area contributed by atoms with Gasteiger partial charge in [-0.3, -0.25) is 0 Å². The first-order chi connectivity index (χ1) is 7.22. The van der Waals surface area contributed by atoms with E-state index >= 15 is 0 Å². The SMILES string of the molecule is Fc1cc(F)cc(CNCCCCCl)c1. The van der Waals surface area contributed by atoms with E-state index in [9.17, 15) is 8.78 Å². The van der Waals surface area contributed by atoms with Crippen molar-refractivity contribution in [3.63, 3.8) is 0 Å². The van der Waals surface area contributed by atoms with Crippen LogP contribution in [0.15, 0.2) is 18.2 Å². The zero-order valence-corrected chi connectivity index (χ0v) is 9.16. The van der Waals surface area contributed by atoms with Crippen LogP contribution in [-0.4, -0.2) is 12.4 Å². The Morgan fingerprint density at radius 1 is 1.07 bits per heavy atom. The second-order valence-electron chi connectivity index (χ2n) is 3.35. The van der Waals surface area contributed by atoms with E-state index in [0.29, 0.717) is 18.0 Å². The summed E-state index contributed by atoms with van der Waals surface area (Å²) in [4.78, 5) is 0. The standard InChI is InChI=1S/C11H14ClF2N/c12-3-1-2-4-15-8-9-5-10(13)7-11(14)6-9/h5-7,15H,1-4,8H2. The van der Waals surface area contributed by atoms with Crippen LogP contribution < -0.4 is 5.32 Å². The van der Waals surface area contributed by atoms with Gasteiger partial charge in [-0.1, -0.05) is 0 Å². The molecular weight excluding hydrogens is 220 g/mol. The Morgan fingerprint density at radius 3 is 2.33 bits per heavy atom. The molecule has 0 heterocycles. The van der Waals surface area contributed by atoms with Gasteiger partial charge in [0.1, 0.15) is 11.6 Å². The molecule has 0 saturated heterocycles. The molecule has 0 amide bonds. The Balaban J connectivity index is 2.31. The Kier molecular flexibility index (Phi) is 5.58. The van der Waals surface area contributed by atoms with Crippen molar-refractivity contribution in [2.24, 2.45) is 0 Å². The van der Waals surface area contributed by atoms with Crippen LogP contribution in [-0.2, 0) is 6.54 Å². The van der Waals surface area contributed by atoms with Gasteiger partial charge in [-0.05, 0) is 37.1 Å². The van der Waals surface area contributed by atoms with Gasteiger partial charge in [0, 0.05) is 18.5 Å². The maximum atomic E-state index is 12.8. The second-order valence-corrected chi connectivity index (χ2v) is 3.73. The molecule has 0 saturated carbocycles. The highest BCUT2D eigenvalue weighted by molar-refractivity contribution is 6.17. The molecule has 1 aromatic carbocycles. The number of alkyl halides is 1. The highest BCUT2D eigenvalue weighted by Gasteiger charge is 1.99. The fourth-order valence-corrected chi connectivity index (χ4v) is 1.48. The molecule has 0 spiro atoms. The summed E-state index contributed by atoms with van der Waals surface area (Å²) in [6, 6.07) is 3.53. The Labute approximate surface area is 93.4 Å². The predicted molar refractivity (Wildman–Crippen MR) is 58.0 cm³/mol. The lowest BCUT2D eigenvalue weighted by Gasteiger charge is -2.04. The Morgan fingerprint density at radius 2 is 1.73 bits per heavy atom. The van der Waals surface area contributed by atoms with Gasteiger partial charge in [-0.25, -0.2) is 8.78 Å². The average Bonchev–Trinajstić information content (AvgIpc) is 2.16. The number of halogens is 3. The van der Waals surface area contributed by atoms with E-state index < -0.39 is 11.6 Å². The van der Waals surface area contributed by atoms with Crippen LogP contribution in [0.5, 0.6) is 0 Å². The summed E-state index contributed by atoms with van der Waals surface area (Å²) in [5.41, 5.74) is 0.623. The lowest BCUT2D eigenvalue weighted by atomic mass is 10.2. The highest BCUT2D eigenvalue weighted by Crippen LogP contribution is 2.07. The number of hydrogen-bond acceptors (Lipinski definition) is 1.